The Morgan fingerprint density at radius 2 is 1.95 bits per heavy atom. The van der Waals surface area contributed by atoms with Crippen LogP contribution in [-0.2, 0) is 6.54 Å². The third-order valence-electron chi connectivity index (χ3n) is 3.99. The van der Waals surface area contributed by atoms with Crippen molar-refractivity contribution in [3.63, 3.8) is 0 Å². The van der Waals surface area contributed by atoms with Crippen LogP contribution in [-0.4, -0.2) is 27.8 Å². The fraction of sp³-hybridized carbons (Fsp3) is 0.400. The van der Waals surface area contributed by atoms with Crippen LogP contribution in [0.1, 0.15) is 24.4 Å². The molecule has 6 heteroatoms. The molecular weight excluding hydrogens is 274 g/mol. The number of rotatable bonds is 3. The number of hydrogen-bond acceptors (Lipinski definition) is 3. The van der Waals surface area contributed by atoms with E-state index >= 15 is 0 Å². The molecule has 1 aliphatic rings. The summed E-state index contributed by atoms with van der Waals surface area (Å²) < 4.78 is 28.8. The van der Waals surface area contributed by atoms with Crippen LogP contribution in [0.5, 0.6) is 0 Å². The molecular formula is C15H18F2N4. The van der Waals surface area contributed by atoms with E-state index < -0.39 is 11.6 Å². The summed E-state index contributed by atoms with van der Waals surface area (Å²) in [5, 5.41) is 4.24. The van der Waals surface area contributed by atoms with E-state index in [2.05, 4.69) is 10.00 Å². The first kappa shape index (κ1) is 14.0. The molecule has 0 radical (unpaired) electrons. The average molecular weight is 292 g/mol. The van der Waals surface area contributed by atoms with Gasteiger partial charge in [0.15, 0.2) is 11.6 Å². The Bertz CT molecular complexity index is 618. The van der Waals surface area contributed by atoms with Crippen molar-refractivity contribution in [2.75, 3.05) is 18.8 Å². The smallest absolute Gasteiger partial charge is 0.163 e. The minimum Gasteiger partial charge on any atom is -0.382 e. The van der Waals surface area contributed by atoms with Crippen LogP contribution in [0.25, 0.3) is 0 Å². The second-order valence-electron chi connectivity index (χ2n) is 5.44. The summed E-state index contributed by atoms with van der Waals surface area (Å²) in [6.07, 6.45) is 3.75. The van der Waals surface area contributed by atoms with Gasteiger partial charge in [-0.1, -0.05) is 12.1 Å². The zero-order valence-corrected chi connectivity index (χ0v) is 11.7. The second-order valence-corrected chi connectivity index (χ2v) is 5.44. The first-order valence-corrected chi connectivity index (χ1v) is 7.09. The van der Waals surface area contributed by atoms with Crippen molar-refractivity contribution in [3.8, 4) is 0 Å². The fourth-order valence-corrected chi connectivity index (χ4v) is 2.81. The van der Waals surface area contributed by atoms with Gasteiger partial charge in [-0.15, -0.1) is 0 Å². The number of aromatic nitrogens is 2. The second kappa shape index (κ2) is 5.81. The van der Waals surface area contributed by atoms with Crippen LogP contribution in [0.3, 0.4) is 0 Å². The molecule has 0 bridgehead atoms. The van der Waals surface area contributed by atoms with Crippen LogP contribution < -0.4 is 5.73 Å². The Hall–Kier alpha value is -1.95. The molecule has 1 fully saturated rings. The van der Waals surface area contributed by atoms with Gasteiger partial charge in [0.1, 0.15) is 5.82 Å². The number of halogens is 2. The molecule has 3 rings (SSSR count). The topological polar surface area (TPSA) is 47.1 Å². The lowest BCUT2D eigenvalue weighted by Crippen LogP contribution is -2.34. The van der Waals surface area contributed by atoms with E-state index in [-0.39, 0.29) is 0 Å². The van der Waals surface area contributed by atoms with Crippen LogP contribution in [0.4, 0.5) is 14.6 Å². The molecule has 1 aliphatic heterocycles. The van der Waals surface area contributed by atoms with E-state index in [1.165, 1.54) is 0 Å². The summed E-state index contributed by atoms with van der Waals surface area (Å²) in [6, 6.07) is 6.45. The Morgan fingerprint density at radius 3 is 2.62 bits per heavy atom. The molecule has 1 aromatic heterocycles. The Morgan fingerprint density at radius 1 is 1.19 bits per heavy atom. The van der Waals surface area contributed by atoms with Gasteiger partial charge in [-0.2, -0.15) is 5.10 Å². The van der Waals surface area contributed by atoms with Crippen molar-refractivity contribution in [3.05, 3.63) is 47.7 Å². The molecule has 1 aromatic carbocycles. The largest absolute Gasteiger partial charge is 0.382 e. The number of likely N-dealkylation sites (tertiary alicyclic amines) is 1. The fourth-order valence-electron chi connectivity index (χ4n) is 2.81. The van der Waals surface area contributed by atoms with Gasteiger partial charge in [0.25, 0.3) is 0 Å². The Kier molecular flexibility index (Phi) is 3.88. The molecule has 112 valence electrons. The molecule has 2 heterocycles. The Labute approximate surface area is 122 Å². The first-order chi connectivity index (χ1) is 10.1. The maximum absolute atomic E-state index is 13.7. The molecule has 4 nitrogen and oxygen atoms in total. The van der Waals surface area contributed by atoms with Crippen LogP contribution in [0.15, 0.2) is 30.5 Å². The van der Waals surface area contributed by atoms with Crippen molar-refractivity contribution >= 4 is 5.82 Å². The monoisotopic (exact) mass is 292 g/mol. The minimum atomic E-state index is -0.783. The zero-order chi connectivity index (χ0) is 14.8. The predicted molar refractivity (Wildman–Crippen MR) is 76.5 cm³/mol. The lowest BCUT2D eigenvalue weighted by molar-refractivity contribution is 0.171. The van der Waals surface area contributed by atoms with E-state index in [0.29, 0.717) is 24.0 Å². The summed E-state index contributed by atoms with van der Waals surface area (Å²) >= 11 is 0. The van der Waals surface area contributed by atoms with Gasteiger partial charge in [-0.25, -0.2) is 8.78 Å². The standard InChI is InChI=1S/C15H18F2N4/c16-13-3-1-2-11(15(13)17)10-20-7-4-12(5-8-20)21-9-6-14(18)19-21/h1-3,6,9,12H,4-5,7-8,10H2,(H2,18,19). The summed E-state index contributed by atoms with van der Waals surface area (Å²) in [6.45, 7) is 2.11. The molecule has 0 saturated carbocycles. The number of nitrogens with two attached hydrogens (primary N) is 1. The first-order valence-electron chi connectivity index (χ1n) is 7.09. The highest BCUT2D eigenvalue weighted by Crippen LogP contribution is 2.24. The normalized spacial score (nSPS) is 17.2. The van der Waals surface area contributed by atoms with Gasteiger partial charge in [0.2, 0.25) is 0 Å². The maximum atomic E-state index is 13.7. The summed E-state index contributed by atoms with van der Waals surface area (Å²) in [7, 11) is 0. The number of benzene rings is 1. The van der Waals surface area contributed by atoms with Gasteiger partial charge in [-0.3, -0.25) is 9.58 Å². The number of hydrogen-bond donors (Lipinski definition) is 1. The third-order valence-corrected chi connectivity index (χ3v) is 3.99. The molecule has 0 spiro atoms. The predicted octanol–water partition coefficient (Wildman–Crippen LogP) is 2.58. The van der Waals surface area contributed by atoms with Gasteiger partial charge in [-0.05, 0) is 25.0 Å². The molecule has 0 aliphatic carbocycles. The van der Waals surface area contributed by atoms with E-state index in [9.17, 15) is 8.78 Å². The van der Waals surface area contributed by atoms with E-state index in [0.717, 1.165) is 32.0 Å². The SMILES string of the molecule is Nc1ccn(C2CCN(Cc3cccc(F)c3F)CC2)n1. The highest BCUT2D eigenvalue weighted by atomic mass is 19.2. The molecule has 2 aromatic rings. The lowest BCUT2D eigenvalue weighted by atomic mass is 10.0. The highest BCUT2D eigenvalue weighted by Gasteiger charge is 2.22. The van der Waals surface area contributed by atoms with Gasteiger partial charge >= 0.3 is 0 Å². The van der Waals surface area contributed by atoms with Gasteiger partial charge in [0, 0.05) is 31.4 Å². The molecule has 21 heavy (non-hydrogen) atoms. The van der Waals surface area contributed by atoms with Crippen molar-refractivity contribution in [2.45, 2.75) is 25.4 Å². The van der Waals surface area contributed by atoms with Crippen LogP contribution in [0, 0.1) is 11.6 Å². The van der Waals surface area contributed by atoms with Crippen molar-refractivity contribution in [1.29, 1.82) is 0 Å². The Balaban J connectivity index is 1.60. The molecule has 0 atom stereocenters. The lowest BCUT2D eigenvalue weighted by Gasteiger charge is -2.32. The highest BCUT2D eigenvalue weighted by molar-refractivity contribution is 5.24. The van der Waals surface area contributed by atoms with Crippen molar-refractivity contribution in [1.82, 2.24) is 14.7 Å². The van der Waals surface area contributed by atoms with Crippen LogP contribution in [0.2, 0.25) is 0 Å². The number of nitrogen functional groups attached to an aromatic ring is 1. The molecule has 1 saturated heterocycles. The summed E-state index contributed by atoms with van der Waals surface area (Å²) in [5.41, 5.74) is 6.04. The number of piperidine rings is 1. The van der Waals surface area contributed by atoms with E-state index in [1.54, 1.807) is 18.2 Å². The summed E-state index contributed by atoms with van der Waals surface area (Å²) in [4.78, 5) is 2.14. The number of anilines is 1. The average Bonchev–Trinajstić information content (AvgIpc) is 2.91. The minimum absolute atomic E-state index is 0.330. The summed E-state index contributed by atoms with van der Waals surface area (Å²) in [5.74, 6) is -0.992. The quantitative estimate of drug-likeness (QED) is 0.946. The maximum Gasteiger partial charge on any atom is 0.163 e. The third kappa shape index (κ3) is 3.05. The number of nitrogens with zero attached hydrogens (tertiary/aromatic N) is 3. The van der Waals surface area contributed by atoms with Gasteiger partial charge < -0.3 is 5.73 Å². The molecule has 2 N–H and O–H groups in total. The van der Waals surface area contributed by atoms with E-state index in [1.807, 2.05) is 10.9 Å². The van der Waals surface area contributed by atoms with Gasteiger partial charge in [0.05, 0.1) is 6.04 Å². The van der Waals surface area contributed by atoms with Crippen molar-refractivity contribution < 1.29 is 8.78 Å². The van der Waals surface area contributed by atoms with Crippen LogP contribution >= 0.6 is 0 Å². The molecule has 0 unspecified atom stereocenters. The molecule has 0 amide bonds. The van der Waals surface area contributed by atoms with E-state index in [4.69, 9.17) is 5.73 Å². The van der Waals surface area contributed by atoms with Crippen molar-refractivity contribution in [2.24, 2.45) is 0 Å². The zero-order valence-electron chi connectivity index (χ0n) is 11.7.